The fourth-order valence-corrected chi connectivity index (χ4v) is 3.62. The van der Waals surface area contributed by atoms with Gasteiger partial charge in [0.05, 0.1) is 19.2 Å². The van der Waals surface area contributed by atoms with E-state index in [1.54, 1.807) is 6.07 Å². The van der Waals surface area contributed by atoms with Crippen LogP contribution in [-0.4, -0.2) is 24.3 Å². The number of hydrogen-bond acceptors (Lipinski definition) is 3. The molecular formula is C19H26NO3+. The van der Waals surface area contributed by atoms with E-state index in [1.165, 1.54) is 16.0 Å². The molecule has 1 aromatic carbocycles. The van der Waals surface area contributed by atoms with Crippen molar-refractivity contribution in [2.45, 2.75) is 52.2 Å². The molecule has 1 aromatic heterocycles. The highest BCUT2D eigenvalue weighted by Gasteiger charge is 2.22. The normalized spacial score (nSPS) is 22.0. The first-order chi connectivity index (χ1) is 10.9. The highest BCUT2D eigenvalue weighted by molar-refractivity contribution is 5.82. The van der Waals surface area contributed by atoms with E-state index in [0.29, 0.717) is 11.5 Å². The molecule has 0 radical (unpaired) electrons. The van der Waals surface area contributed by atoms with Crippen molar-refractivity contribution in [1.82, 2.24) is 0 Å². The molecule has 0 aliphatic carbocycles. The Kier molecular flexibility index (Phi) is 4.55. The second kappa shape index (κ2) is 6.46. The first-order valence-electron chi connectivity index (χ1n) is 8.53. The molecule has 2 aromatic rings. The Morgan fingerprint density at radius 2 is 1.96 bits per heavy atom. The predicted molar refractivity (Wildman–Crippen MR) is 91.0 cm³/mol. The van der Waals surface area contributed by atoms with Gasteiger partial charge in [-0.1, -0.05) is 13.8 Å². The summed E-state index contributed by atoms with van der Waals surface area (Å²) in [6, 6.07) is 5.82. The second-order valence-corrected chi connectivity index (χ2v) is 7.11. The summed E-state index contributed by atoms with van der Waals surface area (Å²) in [5, 5.41) is 10.7. The lowest BCUT2D eigenvalue weighted by atomic mass is 9.94. The number of piperidine rings is 1. The first-order valence-corrected chi connectivity index (χ1v) is 8.53. The third-order valence-corrected chi connectivity index (χ3v) is 4.94. The van der Waals surface area contributed by atoms with Gasteiger partial charge in [-0.2, -0.15) is 0 Å². The van der Waals surface area contributed by atoms with Gasteiger partial charge in [0.15, 0.2) is 0 Å². The van der Waals surface area contributed by atoms with E-state index < -0.39 is 0 Å². The summed E-state index contributed by atoms with van der Waals surface area (Å²) in [5.74, 6) is 0.441. The summed E-state index contributed by atoms with van der Waals surface area (Å²) in [6.45, 7) is 9.15. The Balaban J connectivity index is 2.01. The quantitative estimate of drug-likeness (QED) is 0.849. The van der Waals surface area contributed by atoms with E-state index in [-0.39, 0.29) is 11.7 Å². The zero-order valence-electron chi connectivity index (χ0n) is 14.2. The molecule has 0 bridgehead atoms. The summed E-state index contributed by atoms with van der Waals surface area (Å²) in [5.41, 5.74) is 3.94. The van der Waals surface area contributed by atoms with Crippen LogP contribution in [0, 0.1) is 6.92 Å². The number of aryl methyl sites for hydroxylation is 1. The lowest BCUT2D eigenvalue weighted by Gasteiger charge is -2.27. The molecule has 1 saturated heterocycles. The lowest BCUT2D eigenvalue weighted by Crippen LogP contribution is -3.12. The summed E-state index contributed by atoms with van der Waals surface area (Å²) in [7, 11) is 0. The third-order valence-electron chi connectivity index (χ3n) is 4.94. The molecule has 0 unspecified atom stereocenters. The number of benzene rings is 1. The number of rotatable bonds is 3. The van der Waals surface area contributed by atoms with Crippen molar-refractivity contribution in [1.29, 1.82) is 0 Å². The molecule has 124 valence electrons. The molecule has 2 N–H and O–H groups in total. The van der Waals surface area contributed by atoms with Crippen molar-refractivity contribution in [2.75, 3.05) is 13.1 Å². The molecular weight excluding hydrogens is 290 g/mol. The number of likely N-dealkylation sites (tertiary alicyclic amines) is 1. The van der Waals surface area contributed by atoms with Crippen molar-refractivity contribution >= 4 is 11.0 Å². The number of hydrogen-bond donors (Lipinski definition) is 2. The maximum Gasteiger partial charge on any atom is 0.336 e. The fourth-order valence-electron chi connectivity index (χ4n) is 3.62. The SMILES string of the molecule is Cc1cc2oc(=O)cc(C[NH+]3CCC(O)CC3)c2cc1C(C)C. The number of aliphatic hydroxyl groups excluding tert-OH is 1. The molecule has 0 atom stereocenters. The topological polar surface area (TPSA) is 54.9 Å². The number of quaternary nitrogens is 1. The zero-order chi connectivity index (χ0) is 16.6. The van der Waals surface area contributed by atoms with E-state index in [2.05, 4.69) is 26.8 Å². The van der Waals surface area contributed by atoms with Crippen LogP contribution in [-0.2, 0) is 6.54 Å². The van der Waals surface area contributed by atoms with Gasteiger partial charge in [-0.15, -0.1) is 0 Å². The molecule has 3 rings (SSSR count). The van der Waals surface area contributed by atoms with Gasteiger partial charge in [0, 0.05) is 29.9 Å². The van der Waals surface area contributed by atoms with Crippen molar-refractivity contribution < 1.29 is 14.4 Å². The molecule has 23 heavy (non-hydrogen) atoms. The van der Waals surface area contributed by atoms with Crippen molar-refractivity contribution in [3.05, 3.63) is 45.3 Å². The molecule has 4 nitrogen and oxygen atoms in total. The van der Waals surface area contributed by atoms with Crippen molar-refractivity contribution in [2.24, 2.45) is 0 Å². The highest BCUT2D eigenvalue weighted by Crippen LogP contribution is 2.26. The van der Waals surface area contributed by atoms with Crippen LogP contribution in [0.15, 0.2) is 27.4 Å². The zero-order valence-corrected chi connectivity index (χ0v) is 14.2. The summed E-state index contributed by atoms with van der Waals surface area (Å²) in [6.07, 6.45) is 1.52. The smallest absolute Gasteiger partial charge is 0.336 e. The van der Waals surface area contributed by atoms with Crippen LogP contribution in [0.1, 0.15) is 49.3 Å². The van der Waals surface area contributed by atoms with Gasteiger partial charge in [-0.25, -0.2) is 4.79 Å². The summed E-state index contributed by atoms with van der Waals surface area (Å²) < 4.78 is 5.42. The van der Waals surface area contributed by atoms with Crippen LogP contribution in [0.4, 0.5) is 0 Å². The molecule has 4 heteroatoms. The Morgan fingerprint density at radius 3 is 2.61 bits per heavy atom. The van der Waals surface area contributed by atoms with Crippen LogP contribution in [0.3, 0.4) is 0 Å². The minimum Gasteiger partial charge on any atom is -0.423 e. The monoisotopic (exact) mass is 316 g/mol. The average molecular weight is 316 g/mol. The van der Waals surface area contributed by atoms with Crippen LogP contribution < -0.4 is 10.5 Å². The van der Waals surface area contributed by atoms with Gasteiger partial charge in [0.25, 0.3) is 0 Å². The average Bonchev–Trinajstić information content (AvgIpc) is 2.48. The molecule has 1 aliphatic heterocycles. The van der Waals surface area contributed by atoms with Crippen LogP contribution in [0.25, 0.3) is 11.0 Å². The predicted octanol–water partition coefficient (Wildman–Crippen LogP) is 1.76. The minimum atomic E-state index is -0.277. The van der Waals surface area contributed by atoms with Crippen molar-refractivity contribution in [3.63, 3.8) is 0 Å². The summed E-state index contributed by atoms with van der Waals surface area (Å²) >= 11 is 0. The second-order valence-electron chi connectivity index (χ2n) is 7.11. The van der Waals surface area contributed by atoms with Crippen LogP contribution in [0.5, 0.6) is 0 Å². The largest absolute Gasteiger partial charge is 0.423 e. The van der Waals surface area contributed by atoms with Crippen LogP contribution in [0.2, 0.25) is 0 Å². The number of aliphatic hydroxyl groups is 1. The van der Waals surface area contributed by atoms with E-state index in [1.807, 2.05) is 6.07 Å². The van der Waals surface area contributed by atoms with Gasteiger partial charge < -0.3 is 14.4 Å². The Hall–Kier alpha value is -1.65. The Bertz CT molecular complexity index is 755. The van der Waals surface area contributed by atoms with E-state index in [4.69, 9.17) is 4.42 Å². The van der Waals surface area contributed by atoms with Gasteiger partial charge in [0.2, 0.25) is 0 Å². The Morgan fingerprint density at radius 1 is 1.26 bits per heavy atom. The number of nitrogens with one attached hydrogen (secondary N) is 1. The molecule has 0 amide bonds. The highest BCUT2D eigenvalue weighted by atomic mass is 16.4. The van der Waals surface area contributed by atoms with E-state index >= 15 is 0 Å². The third kappa shape index (κ3) is 3.48. The fraction of sp³-hybridized carbons (Fsp3) is 0.526. The van der Waals surface area contributed by atoms with Gasteiger partial charge in [-0.3, -0.25) is 0 Å². The van der Waals surface area contributed by atoms with Crippen LogP contribution >= 0.6 is 0 Å². The first kappa shape index (κ1) is 16.2. The summed E-state index contributed by atoms with van der Waals surface area (Å²) in [4.78, 5) is 13.3. The molecule has 0 saturated carbocycles. The number of fused-ring (bicyclic) bond motifs is 1. The lowest BCUT2D eigenvalue weighted by molar-refractivity contribution is -0.919. The minimum absolute atomic E-state index is 0.161. The maximum atomic E-state index is 11.9. The van der Waals surface area contributed by atoms with E-state index in [0.717, 1.165) is 43.4 Å². The molecule has 1 aliphatic rings. The standard InChI is InChI=1S/C19H25NO3/c1-12(2)16-10-17-14(11-20-6-4-15(21)5-7-20)9-19(22)23-18(17)8-13(16)3/h8-10,12,15,21H,4-7,11H2,1-3H3/p+1. The molecule has 0 spiro atoms. The van der Waals surface area contributed by atoms with Crippen molar-refractivity contribution in [3.8, 4) is 0 Å². The van der Waals surface area contributed by atoms with E-state index in [9.17, 15) is 9.90 Å². The molecule has 1 fully saturated rings. The van der Waals surface area contributed by atoms with Gasteiger partial charge in [0.1, 0.15) is 12.1 Å². The maximum absolute atomic E-state index is 11.9. The molecule has 2 heterocycles. The Labute approximate surface area is 136 Å². The van der Waals surface area contributed by atoms with Gasteiger partial charge in [-0.05, 0) is 36.1 Å². The van der Waals surface area contributed by atoms with Gasteiger partial charge >= 0.3 is 5.63 Å².